The van der Waals surface area contributed by atoms with E-state index in [1.165, 1.54) is 6.20 Å². The number of fused-ring (bicyclic) bond motifs is 2. The number of carbonyl (C=O) groups is 2. The van der Waals surface area contributed by atoms with Crippen molar-refractivity contribution in [2.45, 2.75) is 39.3 Å². The number of aromatic nitrogens is 8. The van der Waals surface area contributed by atoms with E-state index >= 15 is 0 Å². The minimum Gasteiger partial charge on any atom is -0.348 e. The summed E-state index contributed by atoms with van der Waals surface area (Å²) >= 11 is 0. The summed E-state index contributed by atoms with van der Waals surface area (Å²) in [7, 11) is 0. The number of para-hydroxylation sites is 2. The molecule has 7 aromatic rings. The third-order valence-corrected chi connectivity index (χ3v) is 9.03. The number of H-pyrrole nitrogens is 1. The highest BCUT2D eigenvalue weighted by Crippen LogP contribution is 2.23. The maximum absolute atomic E-state index is 13.6. The number of aryl methyl sites for hydroxylation is 2. The molecule has 1 fully saturated rings. The molecule has 1 aliphatic heterocycles. The first-order valence-electron chi connectivity index (χ1n) is 16.6. The van der Waals surface area contributed by atoms with Crippen LogP contribution in [0.2, 0.25) is 0 Å². The molecule has 13 nitrogen and oxygen atoms in total. The second-order valence-corrected chi connectivity index (χ2v) is 12.7. The highest BCUT2D eigenvalue weighted by atomic mass is 16.2. The SMILES string of the molecule is Cc1cc(C)n2ncc(C(=O)Nc3ccc(-c4cn(Cc5ccccc5C(=O)NC5CCCN(c6nc7ccccc7[nH]6)C5)nn4)cc3)c2n1. The van der Waals surface area contributed by atoms with Crippen molar-refractivity contribution in [3.05, 3.63) is 119 Å². The molecule has 1 atom stereocenters. The van der Waals surface area contributed by atoms with Gasteiger partial charge < -0.3 is 20.5 Å². The highest BCUT2D eigenvalue weighted by molar-refractivity contribution is 6.08. The molecule has 0 bridgehead atoms. The van der Waals surface area contributed by atoms with Gasteiger partial charge in [0.1, 0.15) is 11.3 Å². The number of hydrogen-bond acceptors (Lipinski definition) is 8. The molecule has 3 aromatic carbocycles. The Morgan fingerprint density at radius 2 is 1.76 bits per heavy atom. The quantitative estimate of drug-likeness (QED) is 0.201. The van der Waals surface area contributed by atoms with Gasteiger partial charge in [0.2, 0.25) is 5.95 Å². The average Bonchev–Trinajstić information content (AvgIpc) is 3.88. The van der Waals surface area contributed by atoms with E-state index in [-0.39, 0.29) is 17.9 Å². The molecule has 3 N–H and O–H groups in total. The Bertz CT molecular complexity index is 2320. The van der Waals surface area contributed by atoms with Crippen LogP contribution in [0.5, 0.6) is 0 Å². The summed E-state index contributed by atoms with van der Waals surface area (Å²) in [5, 5.41) is 19.2. The molecule has 0 radical (unpaired) electrons. The van der Waals surface area contributed by atoms with E-state index in [1.54, 1.807) is 9.20 Å². The van der Waals surface area contributed by atoms with Crippen LogP contribution in [0, 0.1) is 13.8 Å². The number of nitrogens with zero attached hydrogens (tertiary/aromatic N) is 8. The molecule has 13 heteroatoms. The Hall–Kier alpha value is -6.37. The number of benzene rings is 3. The van der Waals surface area contributed by atoms with Crippen molar-refractivity contribution in [1.82, 2.24) is 44.9 Å². The smallest absolute Gasteiger partial charge is 0.261 e. The number of aromatic amines is 1. The van der Waals surface area contributed by atoms with Crippen molar-refractivity contribution in [1.29, 1.82) is 0 Å². The zero-order valence-electron chi connectivity index (χ0n) is 27.7. The van der Waals surface area contributed by atoms with Gasteiger partial charge in [-0.25, -0.2) is 19.2 Å². The predicted molar refractivity (Wildman–Crippen MR) is 190 cm³/mol. The number of piperidine rings is 1. The molecule has 4 aromatic heterocycles. The fourth-order valence-corrected chi connectivity index (χ4v) is 6.56. The lowest BCUT2D eigenvalue weighted by Crippen LogP contribution is -2.48. The van der Waals surface area contributed by atoms with Gasteiger partial charge in [0, 0.05) is 47.3 Å². The summed E-state index contributed by atoms with van der Waals surface area (Å²) in [4.78, 5) is 41.5. The third kappa shape index (κ3) is 6.16. The van der Waals surface area contributed by atoms with Gasteiger partial charge in [0.15, 0.2) is 5.65 Å². The third-order valence-electron chi connectivity index (χ3n) is 9.03. The normalized spacial score (nSPS) is 14.7. The topological polar surface area (TPSA) is 151 Å². The van der Waals surface area contributed by atoms with Gasteiger partial charge in [0.25, 0.3) is 11.8 Å². The second-order valence-electron chi connectivity index (χ2n) is 12.7. The second kappa shape index (κ2) is 12.9. The van der Waals surface area contributed by atoms with Gasteiger partial charge in [-0.3, -0.25) is 9.59 Å². The van der Waals surface area contributed by atoms with Crippen LogP contribution >= 0.6 is 0 Å². The number of nitrogens with one attached hydrogen (secondary N) is 3. The lowest BCUT2D eigenvalue weighted by Gasteiger charge is -2.33. The van der Waals surface area contributed by atoms with Gasteiger partial charge in [-0.15, -0.1) is 5.10 Å². The molecule has 5 heterocycles. The van der Waals surface area contributed by atoms with Crippen molar-refractivity contribution in [3.8, 4) is 11.3 Å². The Morgan fingerprint density at radius 3 is 2.62 bits per heavy atom. The number of hydrogen-bond donors (Lipinski definition) is 3. The number of imidazole rings is 1. The van der Waals surface area contributed by atoms with Crippen molar-refractivity contribution < 1.29 is 9.59 Å². The van der Waals surface area contributed by atoms with Gasteiger partial charge in [-0.1, -0.05) is 47.7 Å². The molecule has 0 aliphatic carbocycles. The van der Waals surface area contributed by atoms with Crippen LogP contribution in [-0.2, 0) is 6.54 Å². The number of carbonyl (C=O) groups excluding carboxylic acids is 2. The van der Waals surface area contributed by atoms with Crippen molar-refractivity contribution >= 4 is 40.1 Å². The molecule has 0 spiro atoms. The molecule has 250 valence electrons. The highest BCUT2D eigenvalue weighted by Gasteiger charge is 2.25. The average molecular weight is 666 g/mol. The van der Waals surface area contributed by atoms with Crippen LogP contribution in [0.4, 0.5) is 11.6 Å². The number of anilines is 2. The van der Waals surface area contributed by atoms with Gasteiger partial charge in [0.05, 0.1) is 30.0 Å². The van der Waals surface area contributed by atoms with Crippen molar-refractivity contribution in [3.63, 3.8) is 0 Å². The van der Waals surface area contributed by atoms with E-state index in [4.69, 9.17) is 4.98 Å². The van der Waals surface area contributed by atoms with E-state index < -0.39 is 0 Å². The predicted octanol–water partition coefficient (Wildman–Crippen LogP) is 5.18. The maximum atomic E-state index is 13.6. The standard InChI is InChI=1S/C37H35N11O2/c1-23-18-24(2)48-34(39-23)30(19-38-48)36(50)40-27-15-13-25(14-16-27)33-22-47(45-44-33)20-26-8-3-4-10-29(26)35(49)41-28-9-7-17-46(21-28)37-42-31-11-5-6-12-32(31)43-37/h3-6,8,10-16,18-19,22,28H,7,9,17,20-21H2,1-2H3,(H,40,50)(H,41,49)(H,42,43). The van der Waals surface area contributed by atoms with E-state index in [1.807, 2.05) is 98.9 Å². The van der Waals surface area contributed by atoms with Crippen LogP contribution in [0.3, 0.4) is 0 Å². The van der Waals surface area contributed by atoms with E-state index in [9.17, 15) is 9.59 Å². The molecule has 2 amide bonds. The van der Waals surface area contributed by atoms with Crippen LogP contribution in [0.25, 0.3) is 27.9 Å². The molecule has 0 saturated carbocycles. The van der Waals surface area contributed by atoms with Gasteiger partial charge in [-0.2, -0.15) is 5.10 Å². The lowest BCUT2D eigenvalue weighted by atomic mass is 10.0. The Labute approximate surface area is 287 Å². The van der Waals surface area contributed by atoms with E-state index in [0.29, 0.717) is 41.2 Å². The first-order valence-corrected chi connectivity index (χ1v) is 16.6. The molecule has 1 saturated heterocycles. The Balaban J connectivity index is 0.913. The summed E-state index contributed by atoms with van der Waals surface area (Å²) < 4.78 is 3.39. The molecule has 50 heavy (non-hydrogen) atoms. The summed E-state index contributed by atoms with van der Waals surface area (Å²) in [6, 6.07) is 24.9. The van der Waals surface area contributed by atoms with Crippen LogP contribution in [0.1, 0.15) is 50.5 Å². The fraction of sp³-hybridized carbons (Fsp3) is 0.216. The van der Waals surface area contributed by atoms with E-state index in [0.717, 1.165) is 58.9 Å². The first-order chi connectivity index (χ1) is 24.4. The van der Waals surface area contributed by atoms with Crippen LogP contribution in [0.15, 0.2) is 91.3 Å². The fourth-order valence-electron chi connectivity index (χ4n) is 6.56. The minimum absolute atomic E-state index is 0.00658. The zero-order chi connectivity index (χ0) is 34.2. The van der Waals surface area contributed by atoms with Gasteiger partial charge in [-0.05, 0) is 68.7 Å². The van der Waals surface area contributed by atoms with Crippen molar-refractivity contribution in [2.24, 2.45) is 0 Å². The molecular weight excluding hydrogens is 630 g/mol. The Morgan fingerprint density at radius 1 is 0.940 bits per heavy atom. The van der Waals surface area contributed by atoms with Gasteiger partial charge >= 0.3 is 0 Å². The monoisotopic (exact) mass is 665 g/mol. The summed E-state index contributed by atoms with van der Waals surface area (Å²) in [6.07, 6.45) is 5.24. The molecular formula is C37H35N11O2. The van der Waals surface area contributed by atoms with E-state index in [2.05, 4.69) is 40.9 Å². The Kier molecular flexibility index (Phi) is 7.99. The summed E-state index contributed by atoms with van der Waals surface area (Å²) in [5.41, 5.74) is 8.19. The molecule has 8 rings (SSSR count). The maximum Gasteiger partial charge on any atom is 0.261 e. The van der Waals surface area contributed by atoms with Crippen LogP contribution in [-0.4, -0.2) is 70.5 Å². The van der Waals surface area contributed by atoms with Crippen LogP contribution < -0.4 is 15.5 Å². The van der Waals surface area contributed by atoms with Crippen molar-refractivity contribution in [2.75, 3.05) is 23.3 Å². The first kappa shape index (κ1) is 30.9. The summed E-state index contributed by atoms with van der Waals surface area (Å²) in [6.45, 7) is 5.77. The largest absolute Gasteiger partial charge is 0.348 e. The minimum atomic E-state index is -0.286. The number of rotatable bonds is 8. The summed E-state index contributed by atoms with van der Waals surface area (Å²) in [5.74, 6) is 0.434. The number of amides is 2. The molecule has 1 unspecified atom stereocenters. The lowest BCUT2D eigenvalue weighted by molar-refractivity contribution is 0.0931. The molecule has 1 aliphatic rings. The zero-order valence-corrected chi connectivity index (χ0v) is 27.7.